The number of anilines is 2. The third kappa shape index (κ3) is 2.37. The molecule has 0 unspecified atom stereocenters. The quantitative estimate of drug-likeness (QED) is 0.916. The number of hydrogen-bond donors (Lipinski definition) is 1. The van der Waals surface area contributed by atoms with Gasteiger partial charge in [0.1, 0.15) is 5.82 Å². The molecule has 3 rings (SSSR count). The van der Waals surface area contributed by atoms with Gasteiger partial charge in [-0.1, -0.05) is 12.1 Å². The van der Waals surface area contributed by atoms with Gasteiger partial charge in [0.2, 0.25) is 5.91 Å². The van der Waals surface area contributed by atoms with E-state index in [0.29, 0.717) is 5.69 Å². The lowest BCUT2D eigenvalue weighted by atomic mass is 9.85. The van der Waals surface area contributed by atoms with E-state index < -0.39 is 17.1 Å². The molecule has 1 aliphatic rings. The lowest BCUT2D eigenvalue weighted by Gasteiger charge is -2.17. The van der Waals surface area contributed by atoms with Crippen LogP contribution < -0.4 is 10.2 Å². The van der Waals surface area contributed by atoms with E-state index in [9.17, 15) is 14.0 Å². The fourth-order valence-corrected chi connectivity index (χ4v) is 3.25. The van der Waals surface area contributed by atoms with E-state index in [0.717, 1.165) is 16.8 Å². The van der Waals surface area contributed by atoms with Crippen LogP contribution in [-0.4, -0.2) is 18.9 Å². The van der Waals surface area contributed by atoms with Crippen LogP contribution in [0.25, 0.3) is 0 Å². The molecule has 0 fully saturated rings. The van der Waals surface area contributed by atoms with Crippen LogP contribution in [0.1, 0.15) is 35.3 Å². The molecular weight excluding hydrogens is 307 g/mol. The largest absolute Gasteiger partial charge is 0.322 e. The summed E-state index contributed by atoms with van der Waals surface area (Å²) in [6, 6.07) is 9.43. The van der Waals surface area contributed by atoms with Crippen LogP contribution in [0.5, 0.6) is 0 Å². The number of nitrogens with one attached hydrogen (secondary N) is 1. The summed E-state index contributed by atoms with van der Waals surface area (Å²) in [7, 11) is 1.75. The summed E-state index contributed by atoms with van der Waals surface area (Å²) < 4.78 is 13.8. The molecule has 1 N–H and O–H groups in total. The van der Waals surface area contributed by atoms with Crippen molar-refractivity contribution in [1.82, 2.24) is 0 Å². The topological polar surface area (TPSA) is 49.4 Å². The number of likely N-dealkylation sites (N-methyl/N-ethyl adjacent to an activating group) is 1. The average molecular weight is 326 g/mol. The number of hydrogen-bond acceptors (Lipinski definition) is 2. The van der Waals surface area contributed by atoms with Crippen LogP contribution >= 0.6 is 0 Å². The predicted molar refractivity (Wildman–Crippen MR) is 92.0 cm³/mol. The summed E-state index contributed by atoms with van der Waals surface area (Å²) >= 11 is 0. The highest BCUT2D eigenvalue weighted by Crippen LogP contribution is 2.44. The minimum atomic E-state index is -0.659. The normalized spacial score (nSPS) is 15.4. The van der Waals surface area contributed by atoms with Crippen molar-refractivity contribution in [3.05, 3.63) is 58.9 Å². The van der Waals surface area contributed by atoms with Crippen molar-refractivity contribution < 1.29 is 14.0 Å². The van der Waals surface area contributed by atoms with Crippen LogP contribution in [0, 0.1) is 12.7 Å². The number of carbonyl (C=O) groups excluding carboxylic acids is 2. The summed E-state index contributed by atoms with van der Waals surface area (Å²) in [4.78, 5) is 26.4. The Labute approximate surface area is 140 Å². The van der Waals surface area contributed by atoms with Crippen LogP contribution in [0.15, 0.2) is 36.4 Å². The molecule has 0 atom stereocenters. The number of amides is 2. The lowest BCUT2D eigenvalue weighted by Crippen LogP contribution is -2.33. The molecule has 1 heterocycles. The van der Waals surface area contributed by atoms with E-state index in [1.54, 1.807) is 30.1 Å². The van der Waals surface area contributed by atoms with Gasteiger partial charge in [0.25, 0.3) is 5.91 Å². The Morgan fingerprint density at radius 1 is 1.21 bits per heavy atom. The highest BCUT2D eigenvalue weighted by atomic mass is 19.1. The number of aryl methyl sites for hydroxylation is 1. The Morgan fingerprint density at radius 2 is 1.88 bits per heavy atom. The van der Waals surface area contributed by atoms with Gasteiger partial charge in [0.05, 0.1) is 16.7 Å². The zero-order valence-electron chi connectivity index (χ0n) is 14.1. The molecule has 1 aliphatic heterocycles. The number of benzene rings is 2. The van der Waals surface area contributed by atoms with Crippen molar-refractivity contribution in [2.45, 2.75) is 26.2 Å². The minimum Gasteiger partial charge on any atom is -0.322 e. The van der Waals surface area contributed by atoms with Gasteiger partial charge in [0.15, 0.2) is 0 Å². The first kappa shape index (κ1) is 16.2. The highest BCUT2D eigenvalue weighted by molar-refractivity contribution is 6.09. The van der Waals surface area contributed by atoms with Crippen molar-refractivity contribution in [1.29, 1.82) is 0 Å². The van der Waals surface area contributed by atoms with Crippen LogP contribution in [0.2, 0.25) is 0 Å². The van der Waals surface area contributed by atoms with Gasteiger partial charge in [-0.25, -0.2) is 4.39 Å². The van der Waals surface area contributed by atoms with Gasteiger partial charge < -0.3 is 10.2 Å². The number of nitrogens with zero attached hydrogens (tertiary/aromatic N) is 1. The molecule has 0 spiro atoms. The molecule has 5 heteroatoms. The molecular formula is C19H19FN2O2. The van der Waals surface area contributed by atoms with Crippen LogP contribution in [0.4, 0.5) is 15.8 Å². The highest BCUT2D eigenvalue weighted by Gasteiger charge is 2.43. The van der Waals surface area contributed by atoms with Gasteiger partial charge in [-0.2, -0.15) is 0 Å². The van der Waals surface area contributed by atoms with Crippen molar-refractivity contribution in [2.75, 3.05) is 17.3 Å². The van der Waals surface area contributed by atoms with E-state index in [2.05, 4.69) is 5.32 Å². The SMILES string of the molecule is Cc1cc(NC(=O)c2ccccc2F)cc2c1N(C)C(=O)C2(C)C. The Morgan fingerprint density at radius 3 is 2.54 bits per heavy atom. The Bertz CT molecular complexity index is 858. The zero-order chi connectivity index (χ0) is 17.6. The lowest BCUT2D eigenvalue weighted by molar-refractivity contribution is -0.121. The first-order chi connectivity index (χ1) is 11.2. The molecule has 4 nitrogen and oxygen atoms in total. The third-order valence-corrected chi connectivity index (χ3v) is 4.52. The number of carbonyl (C=O) groups is 2. The van der Waals surface area contributed by atoms with Crippen molar-refractivity contribution in [2.24, 2.45) is 0 Å². The molecule has 0 saturated heterocycles. The smallest absolute Gasteiger partial charge is 0.258 e. The van der Waals surface area contributed by atoms with Crippen molar-refractivity contribution in [3.8, 4) is 0 Å². The van der Waals surface area contributed by atoms with E-state index in [1.165, 1.54) is 18.2 Å². The standard InChI is InChI=1S/C19H19FN2O2/c1-11-9-12(21-17(23)13-7-5-6-8-15(13)20)10-14-16(11)22(4)18(24)19(14,2)3/h5-10H,1-4H3,(H,21,23). The first-order valence-corrected chi connectivity index (χ1v) is 7.72. The molecule has 124 valence electrons. The Balaban J connectivity index is 1.99. The molecule has 0 bridgehead atoms. The minimum absolute atomic E-state index is 0.0110. The summed E-state index contributed by atoms with van der Waals surface area (Å²) in [5.74, 6) is -1.07. The van der Waals surface area contributed by atoms with Crippen LogP contribution in [0.3, 0.4) is 0 Å². The fraction of sp³-hybridized carbons (Fsp3) is 0.263. The van der Waals surface area contributed by atoms with Gasteiger partial charge in [-0.05, 0) is 56.2 Å². The zero-order valence-corrected chi connectivity index (χ0v) is 14.1. The number of rotatable bonds is 2. The van der Waals surface area contributed by atoms with Gasteiger partial charge in [-0.15, -0.1) is 0 Å². The van der Waals surface area contributed by atoms with Gasteiger partial charge >= 0.3 is 0 Å². The predicted octanol–water partition coefficient (Wildman–Crippen LogP) is 3.64. The number of halogens is 1. The summed E-state index contributed by atoms with van der Waals surface area (Å²) in [5.41, 5.74) is 2.50. The molecule has 0 saturated carbocycles. The molecule has 2 aromatic carbocycles. The fourth-order valence-electron chi connectivity index (χ4n) is 3.25. The second kappa shape index (κ2) is 5.44. The van der Waals surface area contributed by atoms with Crippen molar-refractivity contribution in [3.63, 3.8) is 0 Å². The average Bonchev–Trinajstić information content (AvgIpc) is 2.69. The molecule has 0 aromatic heterocycles. The second-order valence-corrected chi connectivity index (χ2v) is 6.61. The maximum atomic E-state index is 13.8. The van der Waals surface area contributed by atoms with E-state index in [-0.39, 0.29) is 11.5 Å². The van der Waals surface area contributed by atoms with Crippen LogP contribution in [-0.2, 0) is 10.2 Å². The Kier molecular flexibility index (Phi) is 3.67. The monoisotopic (exact) mass is 326 g/mol. The van der Waals surface area contributed by atoms with Gasteiger partial charge in [0, 0.05) is 12.7 Å². The molecule has 24 heavy (non-hydrogen) atoms. The second-order valence-electron chi connectivity index (χ2n) is 6.61. The van der Waals surface area contributed by atoms with Crippen molar-refractivity contribution >= 4 is 23.2 Å². The molecule has 2 aromatic rings. The van der Waals surface area contributed by atoms with Gasteiger partial charge in [-0.3, -0.25) is 9.59 Å². The summed E-state index contributed by atoms with van der Waals surface area (Å²) in [6.45, 7) is 5.61. The summed E-state index contributed by atoms with van der Waals surface area (Å²) in [5, 5.41) is 2.73. The first-order valence-electron chi connectivity index (χ1n) is 7.72. The Hall–Kier alpha value is -2.69. The van der Waals surface area contributed by atoms with E-state index in [4.69, 9.17) is 0 Å². The molecule has 0 radical (unpaired) electrons. The maximum Gasteiger partial charge on any atom is 0.258 e. The third-order valence-electron chi connectivity index (χ3n) is 4.52. The summed E-state index contributed by atoms with van der Waals surface area (Å²) in [6.07, 6.45) is 0. The number of fused-ring (bicyclic) bond motifs is 1. The molecule has 2 amide bonds. The van der Waals surface area contributed by atoms with E-state index in [1.807, 2.05) is 20.8 Å². The molecule has 0 aliphatic carbocycles. The van der Waals surface area contributed by atoms with E-state index >= 15 is 0 Å². The maximum absolute atomic E-state index is 13.8.